The number of carbonyl (C=O) groups excluding carboxylic acids is 1. The second-order valence-electron chi connectivity index (χ2n) is 11.6. The van der Waals surface area contributed by atoms with E-state index in [0.717, 1.165) is 32.0 Å². The summed E-state index contributed by atoms with van der Waals surface area (Å²) in [5, 5.41) is 1.64. The number of ketones is 1. The number of carbonyl (C=O) groups is 1. The van der Waals surface area contributed by atoms with Crippen LogP contribution in [0.5, 0.6) is 11.5 Å². The Labute approximate surface area is 248 Å². The maximum atomic E-state index is 14.6. The summed E-state index contributed by atoms with van der Waals surface area (Å²) < 4.78 is 14.9. The Morgan fingerprint density at radius 2 is 1.60 bits per heavy atom. The van der Waals surface area contributed by atoms with E-state index >= 15 is 0 Å². The molecular weight excluding hydrogens is 542 g/mol. The Balaban J connectivity index is 1.58. The van der Waals surface area contributed by atoms with E-state index < -0.39 is 22.6 Å². The Morgan fingerprint density at radius 1 is 0.930 bits per heavy atom. The highest BCUT2D eigenvalue weighted by Gasteiger charge is 2.39. The van der Waals surface area contributed by atoms with Crippen LogP contribution in [0.2, 0.25) is 0 Å². The second kappa shape index (κ2) is 10.3. The molecule has 43 heavy (non-hydrogen) atoms. The summed E-state index contributed by atoms with van der Waals surface area (Å²) in [7, 11) is 1.35. The van der Waals surface area contributed by atoms with E-state index in [9.17, 15) is 14.4 Å². The predicted molar refractivity (Wildman–Crippen MR) is 168 cm³/mol. The lowest BCUT2D eigenvalue weighted by Gasteiger charge is -2.21. The van der Waals surface area contributed by atoms with Gasteiger partial charge in [0.2, 0.25) is 5.78 Å². The largest absolute Gasteiger partial charge is 0.488 e. The van der Waals surface area contributed by atoms with Gasteiger partial charge in [0.15, 0.2) is 0 Å². The molecule has 1 aliphatic rings. The lowest BCUT2D eigenvalue weighted by Crippen LogP contribution is -2.42. The normalized spacial score (nSPS) is 13.5. The first kappa shape index (κ1) is 28.0. The van der Waals surface area contributed by atoms with Crippen LogP contribution in [0.3, 0.4) is 0 Å². The van der Waals surface area contributed by atoms with Crippen molar-refractivity contribution in [3.05, 3.63) is 127 Å². The van der Waals surface area contributed by atoms with Crippen LogP contribution in [0.4, 0.5) is 5.82 Å². The van der Waals surface area contributed by atoms with Gasteiger partial charge in [0.1, 0.15) is 35.1 Å². The van der Waals surface area contributed by atoms with Crippen LogP contribution in [-0.2, 0) is 20.1 Å². The number of nitrogens with two attached hydrogens (primary N) is 1. The number of anilines is 1. The third-order valence-electron chi connectivity index (χ3n) is 8.17. The molecule has 218 valence electrons. The van der Waals surface area contributed by atoms with Gasteiger partial charge in [-0.15, -0.1) is 0 Å². The number of ether oxygens (including phenoxy) is 2. The van der Waals surface area contributed by atoms with Gasteiger partial charge in [-0.05, 0) is 50.3 Å². The maximum Gasteiger partial charge on any atom is 0.336 e. The first-order valence-electron chi connectivity index (χ1n) is 14.2. The molecule has 0 radical (unpaired) electrons. The second-order valence-corrected chi connectivity index (χ2v) is 11.6. The van der Waals surface area contributed by atoms with E-state index in [1.165, 1.54) is 11.6 Å². The fraction of sp³-hybridized carbons (Fsp3) is 0.229. The van der Waals surface area contributed by atoms with Gasteiger partial charge in [-0.3, -0.25) is 14.2 Å². The molecule has 6 rings (SSSR count). The molecular formula is C35H33N3O5. The van der Waals surface area contributed by atoms with Crippen molar-refractivity contribution in [1.82, 2.24) is 9.13 Å². The number of nitrogen functional groups attached to an aromatic ring is 1. The van der Waals surface area contributed by atoms with Crippen molar-refractivity contribution in [2.24, 2.45) is 7.05 Å². The average molecular weight is 576 g/mol. The molecule has 5 aromatic rings. The van der Waals surface area contributed by atoms with Gasteiger partial charge in [0.05, 0.1) is 11.3 Å². The van der Waals surface area contributed by atoms with Crippen molar-refractivity contribution < 1.29 is 14.3 Å². The van der Waals surface area contributed by atoms with E-state index in [1.807, 2.05) is 81.4 Å². The average Bonchev–Trinajstić information content (AvgIpc) is 3.31. The molecule has 0 amide bonds. The molecule has 0 atom stereocenters. The molecule has 0 aliphatic carbocycles. The number of rotatable bonds is 6. The molecule has 0 spiro atoms. The lowest BCUT2D eigenvalue weighted by molar-refractivity contribution is 0.102. The Kier molecular flexibility index (Phi) is 6.72. The molecule has 0 saturated carbocycles. The summed E-state index contributed by atoms with van der Waals surface area (Å²) in [6, 6.07) is 22.8. The lowest BCUT2D eigenvalue weighted by atomic mass is 9.90. The van der Waals surface area contributed by atoms with Gasteiger partial charge in [-0.1, -0.05) is 66.7 Å². The zero-order valence-corrected chi connectivity index (χ0v) is 24.9. The minimum atomic E-state index is -0.776. The van der Waals surface area contributed by atoms with Crippen LogP contribution in [0.1, 0.15) is 52.0 Å². The molecule has 8 nitrogen and oxygen atoms in total. The van der Waals surface area contributed by atoms with Gasteiger partial charge in [-0.25, -0.2) is 9.36 Å². The van der Waals surface area contributed by atoms with Gasteiger partial charge in [0, 0.05) is 30.0 Å². The van der Waals surface area contributed by atoms with Crippen LogP contribution in [0.15, 0.2) is 82.4 Å². The SMILES string of the molecule is Cc1c2c(c(C(=O)c3c(N)n(-c4cccc5ccccc45)c(=O)n(C)c3=O)c(C)c1OCc1ccccc1)OC(C)(C)C2. The topological polar surface area (TPSA) is 106 Å². The predicted octanol–water partition coefficient (Wildman–Crippen LogP) is 5.41. The van der Waals surface area contributed by atoms with Crippen LogP contribution in [0.25, 0.3) is 16.5 Å². The van der Waals surface area contributed by atoms with Crippen LogP contribution >= 0.6 is 0 Å². The molecule has 8 heteroatoms. The van der Waals surface area contributed by atoms with Crippen LogP contribution in [0, 0.1) is 13.8 Å². The van der Waals surface area contributed by atoms with Gasteiger partial charge in [0.25, 0.3) is 5.56 Å². The van der Waals surface area contributed by atoms with E-state index in [2.05, 4.69) is 0 Å². The first-order chi connectivity index (χ1) is 20.5. The van der Waals surface area contributed by atoms with Crippen LogP contribution in [-0.4, -0.2) is 20.5 Å². The number of nitrogens with zero attached hydrogens (tertiary/aromatic N) is 2. The molecule has 0 saturated heterocycles. The first-order valence-corrected chi connectivity index (χ1v) is 14.2. The number of hydrogen-bond acceptors (Lipinski definition) is 6. The standard InChI is InChI=1S/C35H33N3O5/c1-20-25-18-35(3,4)43-31(25)27(21(2)30(20)42-19-22-12-7-6-8-13-22)29(39)28-32(36)38(34(41)37(5)33(28)40)26-17-11-15-23-14-9-10-16-24(23)26/h6-17H,18-19,36H2,1-5H3. The molecule has 4 aromatic carbocycles. The highest BCUT2D eigenvalue weighted by Crippen LogP contribution is 2.46. The van der Waals surface area contributed by atoms with Crippen molar-refractivity contribution in [1.29, 1.82) is 0 Å². The highest BCUT2D eigenvalue weighted by atomic mass is 16.5. The monoisotopic (exact) mass is 575 g/mol. The van der Waals surface area contributed by atoms with Crippen molar-refractivity contribution in [3.63, 3.8) is 0 Å². The summed E-state index contributed by atoms with van der Waals surface area (Å²) in [5.41, 5.74) is 8.25. The summed E-state index contributed by atoms with van der Waals surface area (Å²) in [6.45, 7) is 7.95. The molecule has 0 fully saturated rings. The van der Waals surface area contributed by atoms with Crippen molar-refractivity contribution >= 4 is 22.4 Å². The number of fused-ring (bicyclic) bond motifs is 2. The molecule has 1 aliphatic heterocycles. The minimum absolute atomic E-state index is 0.209. The number of benzene rings is 4. The quantitative estimate of drug-likeness (QED) is 0.272. The zero-order chi connectivity index (χ0) is 30.6. The van der Waals surface area contributed by atoms with Crippen molar-refractivity contribution in [2.75, 3.05) is 5.73 Å². The molecule has 2 N–H and O–H groups in total. The third kappa shape index (κ3) is 4.59. The number of aromatic nitrogens is 2. The maximum absolute atomic E-state index is 14.6. The van der Waals surface area contributed by atoms with E-state index in [1.54, 1.807) is 19.1 Å². The summed E-state index contributed by atoms with van der Waals surface area (Å²) in [6.07, 6.45) is 0.555. The molecule has 2 heterocycles. The zero-order valence-electron chi connectivity index (χ0n) is 24.9. The molecule has 0 unspecified atom stereocenters. The fourth-order valence-electron chi connectivity index (χ4n) is 6.01. The Bertz CT molecular complexity index is 2050. The van der Waals surface area contributed by atoms with E-state index in [0.29, 0.717) is 35.8 Å². The molecule has 0 bridgehead atoms. The van der Waals surface area contributed by atoms with Crippen molar-refractivity contribution in [3.8, 4) is 17.2 Å². The van der Waals surface area contributed by atoms with Gasteiger partial charge >= 0.3 is 5.69 Å². The highest BCUT2D eigenvalue weighted by molar-refractivity contribution is 6.15. The minimum Gasteiger partial charge on any atom is -0.488 e. The summed E-state index contributed by atoms with van der Waals surface area (Å²) >= 11 is 0. The number of hydrogen-bond donors (Lipinski definition) is 1. The van der Waals surface area contributed by atoms with E-state index in [-0.39, 0.29) is 16.9 Å². The van der Waals surface area contributed by atoms with Crippen LogP contribution < -0.4 is 26.5 Å². The smallest absolute Gasteiger partial charge is 0.336 e. The molecule has 1 aromatic heterocycles. The van der Waals surface area contributed by atoms with Gasteiger partial charge < -0.3 is 15.2 Å². The Morgan fingerprint density at radius 3 is 2.35 bits per heavy atom. The summed E-state index contributed by atoms with van der Waals surface area (Å²) in [5.74, 6) is 0.127. The summed E-state index contributed by atoms with van der Waals surface area (Å²) in [4.78, 5) is 41.7. The van der Waals surface area contributed by atoms with E-state index in [4.69, 9.17) is 15.2 Å². The fourth-order valence-corrected chi connectivity index (χ4v) is 6.01. The third-order valence-corrected chi connectivity index (χ3v) is 8.17. The Hall–Kier alpha value is -5.11. The van der Waals surface area contributed by atoms with Crippen molar-refractivity contribution in [2.45, 2.75) is 46.3 Å². The van der Waals surface area contributed by atoms with Gasteiger partial charge in [-0.2, -0.15) is 0 Å².